The third-order valence-corrected chi connectivity index (χ3v) is 4.10. The largest absolute Gasteiger partial charge is 0.378 e. The summed E-state index contributed by atoms with van der Waals surface area (Å²) in [4.78, 5) is 9.17. The molecule has 1 aromatic carbocycles. The second-order valence-electron chi connectivity index (χ2n) is 4.59. The predicted molar refractivity (Wildman–Crippen MR) is 89.0 cm³/mol. The molecule has 0 atom stereocenters. The number of aromatic nitrogens is 2. The average molecular weight is 383 g/mol. The molecule has 106 valence electrons. The summed E-state index contributed by atoms with van der Waals surface area (Å²) in [5, 5.41) is 3.12. The Labute approximate surface area is 133 Å². The van der Waals surface area contributed by atoms with Gasteiger partial charge >= 0.3 is 0 Å². The first-order valence-corrected chi connectivity index (χ1v) is 7.49. The van der Waals surface area contributed by atoms with Crippen molar-refractivity contribution >= 4 is 28.4 Å². The number of anilines is 1. The van der Waals surface area contributed by atoms with Crippen LogP contribution in [0.15, 0.2) is 24.3 Å². The van der Waals surface area contributed by atoms with Gasteiger partial charge in [-0.1, -0.05) is 29.8 Å². The van der Waals surface area contributed by atoms with Crippen LogP contribution in [0.5, 0.6) is 0 Å². The number of benzene rings is 1. The Kier molecular flexibility index (Phi) is 5.31. The van der Waals surface area contributed by atoms with Gasteiger partial charge in [-0.15, -0.1) is 0 Å². The van der Waals surface area contributed by atoms with Crippen LogP contribution in [-0.4, -0.2) is 24.1 Å². The number of hydrogen-bond donors (Lipinski definition) is 1. The molecule has 0 saturated heterocycles. The summed E-state index contributed by atoms with van der Waals surface area (Å²) in [6.45, 7) is 2.58. The van der Waals surface area contributed by atoms with Crippen LogP contribution >= 0.6 is 22.6 Å². The molecule has 2 rings (SSSR count). The first-order valence-electron chi connectivity index (χ1n) is 6.41. The van der Waals surface area contributed by atoms with Gasteiger partial charge < -0.3 is 10.1 Å². The zero-order chi connectivity index (χ0) is 14.5. The zero-order valence-electron chi connectivity index (χ0n) is 11.9. The van der Waals surface area contributed by atoms with E-state index in [9.17, 15) is 0 Å². The van der Waals surface area contributed by atoms with Crippen LogP contribution < -0.4 is 5.32 Å². The lowest BCUT2D eigenvalue weighted by atomic mass is 10.1. The Hall–Kier alpha value is -1.21. The van der Waals surface area contributed by atoms with Crippen molar-refractivity contribution in [3.05, 3.63) is 50.5 Å². The summed E-state index contributed by atoms with van der Waals surface area (Å²) in [7, 11) is 3.55. The number of nitrogens with zero attached hydrogens (tertiary/aromatic N) is 2. The predicted octanol–water partition coefficient (Wildman–Crippen LogP) is 3.17. The second-order valence-corrected chi connectivity index (χ2v) is 5.67. The fourth-order valence-corrected chi connectivity index (χ4v) is 2.58. The van der Waals surface area contributed by atoms with Gasteiger partial charge in [0.05, 0.1) is 15.9 Å². The van der Waals surface area contributed by atoms with Gasteiger partial charge in [0.1, 0.15) is 11.6 Å². The first kappa shape index (κ1) is 15.2. The molecule has 1 aromatic heterocycles. The number of ether oxygens (including phenoxy) is 1. The van der Waals surface area contributed by atoms with E-state index in [1.165, 1.54) is 11.1 Å². The molecule has 0 bridgehead atoms. The molecule has 4 nitrogen and oxygen atoms in total. The monoisotopic (exact) mass is 383 g/mol. The zero-order valence-corrected chi connectivity index (χ0v) is 14.1. The Bertz CT molecular complexity index is 584. The van der Waals surface area contributed by atoms with Crippen molar-refractivity contribution in [2.75, 3.05) is 19.5 Å². The summed E-state index contributed by atoms with van der Waals surface area (Å²) < 4.78 is 6.22. The van der Waals surface area contributed by atoms with Crippen LogP contribution in [0, 0.1) is 10.5 Å². The molecule has 0 aliphatic rings. The fraction of sp³-hybridized carbons (Fsp3) is 0.333. The summed E-state index contributed by atoms with van der Waals surface area (Å²) in [6.07, 6.45) is 0.725. The van der Waals surface area contributed by atoms with E-state index >= 15 is 0 Å². The van der Waals surface area contributed by atoms with E-state index in [0.717, 1.165) is 27.3 Å². The molecular formula is C15H18IN3O. The van der Waals surface area contributed by atoms with Crippen LogP contribution in [0.3, 0.4) is 0 Å². The molecule has 0 amide bonds. The minimum Gasteiger partial charge on any atom is -0.378 e. The van der Waals surface area contributed by atoms with Crippen molar-refractivity contribution in [2.45, 2.75) is 20.0 Å². The first-order chi connectivity index (χ1) is 9.63. The number of aryl methyl sites for hydroxylation is 1. The summed E-state index contributed by atoms with van der Waals surface area (Å²) in [5.41, 5.74) is 3.39. The number of hydrogen-bond acceptors (Lipinski definition) is 4. The van der Waals surface area contributed by atoms with Gasteiger partial charge in [0.25, 0.3) is 0 Å². The van der Waals surface area contributed by atoms with Gasteiger partial charge in [0.15, 0.2) is 0 Å². The molecule has 0 spiro atoms. The SMILES string of the molecule is CNc1nc(Cc2ccc(C)cc2)nc(COC)c1I. The smallest absolute Gasteiger partial charge is 0.143 e. The Morgan fingerprint density at radius 3 is 2.50 bits per heavy atom. The molecule has 0 fully saturated rings. The molecule has 0 saturated carbocycles. The van der Waals surface area contributed by atoms with E-state index in [2.05, 4.69) is 69.1 Å². The number of halogens is 1. The summed E-state index contributed by atoms with van der Waals surface area (Å²) in [6, 6.07) is 8.45. The van der Waals surface area contributed by atoms with Crippen molar-refractivity contribution in [1.82, 2.24) is 9.97 Å². The van der Waals surface area contributed by atoms with Crippen molar-refractivity contribution in [3.8, 4) is 0 Å². The molecule has 0 unspecified atom stereocenters. The molecular weight excluding hydrogens is 365 g/mol. The van der Waals surface area contributed by atoms with Gasteiger partial charge in [-0.2, -0.15) is 0 Å². The minimum absolute atomic E-state index is 0.496. The van der Waals surface area contributed by atoms with E-state index in [4.69, 9.17) is 4.74 Å². The highest BCUT2D eigenvalue weighted by Crippen LogP contribution is 2.20. The van der Waals surface area contributed by atoms with Gasteiger partial charge in [-0.3, -0.25) is 0 Å². The van der Waals surface area contributed by atoms with Crippen molar-refractivity contribution in [3.63, 3.8) is 0 Å². The molecule has 2 aromatic rings. The Morgan fingerprint density at radius 1 is 1.20 bits per heavy atom. The Balaban J connectivity index is 2.31. The van der Waals surface area contributed by atoms with Crippen LogP contribution in [0.2, 0.25) is 0 Å². The molecule has 0 radical (unpaired) electrons. The van der Waals surface area contributed by atoms with Gasteiger partial charge in [0.2, 0.25) is 0 Å². The summed E-state index contributed by atoms with van der Waals surface area (Å²) >= 11 is 2.25. The molecule has 0 aliphatic heterocycles. The lowest BCUT2D eigenvalue weighted by molar-refractivity contribution is 0.180. The lowest BCUT2D eigenvalue weighted by Crippen LogP contribution is -2.08. The van der Waals surface area contributed by atoms with Gasteiger partial charge in [0, 0.05) is 20.6 Å². The third-order valence-electron chi connectivity index (χ3n) is 2.97. The summed E-state index contributed by atoms with van der Waals surface area (Å²) in [5.74, 6) is 1.67. The average Bonchev–Trinajstić information content (AvgIpc) is 2.45. The van der Waals surface area contributed by atoms with Gasteiger partial charge in [-0.05, 0) is 35.1 Å². The van der Waals surface area contributed by atoms with Crippen molar-refractivity contribution < 1.29 is 4.74 Å². The van der Waals surface area contributed by atoms with E-state index < -0.39 is 0 Å². The molecule has 0 aliphatic carbocycles. The highest BCUT2D eigenvalue weighted by molar-refractivity contribution is 14.1. The third kappa shape index (κ3) is 3.67. The maximum atomic E-state index is 5.21. The topological polar surface area (TPSA) is 47.0 Å². The molecule has 1 heterocycles. The lowest BCUT2D eigenvalue weighted by Gasteiger charge is -2.11. The quantitative estimate of drug-likeness (QED) is 0.806. The maximum absolute atomic E-state index is 5.21. The molecule has 20 heavy (non-hydrogen) atoms. The Morgan fingerprint density at radius 2 is 1.90 bits per heavy atom. The maximum Gasteiger partial charge on any atom is 0.143 e. The fourth-order valence-electron chi connectivity index (χ4n) is 1.91. The normalized spacial score (nSPS) is 10.6. The van der Waals surface area contributed by atoms with Crippen LogP contribution in [0.4, 0.5) is 5.82 Å². The number of rotatable bonds is 5. The van der Waals surface area contributed by atoms with Crippen molar-refractivity contribution in [2.24, 2.45) is 0 Å². The van der Waals surface area contributed by atoms with Crippen LogP contribution in [0.1, 0.15) is 22.6 Å². The number of nitrogens with one attached hydrogen (secondary N) is 1. The van der Waals surface area contributed by atoms with Crippen LogP contribution in [-0.2, 0) is 17.8 Å². The highest BCUT2D eigenvalue weighted by atomic mass is 127. The van der Waals surface area contributed by atoms with E-state index in [1.807, 2.05) is 7.05 Å². The van der Waals surface area contributed by atoms with Crippen molar-refractivity contribution in [1.29, 1.82) is 0 Å². The number of methoxy groups -OCH3 is 1. The van der Waals surface area contributed by atoms with E-state index in [0.29, 0.717) is 6.61 Å². The van der Waals surface area contributed by atoms with E-state index in [1.54, 1.807) is 7.11 Å². The van der Waals surface area contributed by atoms with Gasteiger partial charge in [-0.25, -0.2) is 9.97 Å². The highest BCUT2D eigenvalue weighted by Gasteiger charge is 2.11. The van der Waals surface area contributed by atoms with Crippen LogP contribution in [0.25, 0.3) is 0 Å². The molecule has 1 N–H and O–H groups in total. The van der Waals surface area contributed by atoms with E-state index in [-0.39, 0.29) is 0 Å². The minimum atomic E-state index is 0.496. The standard InChI is InChI=1S/C15H18IN3O/c1-10-4-6-11(7-5-10)8-13-18-12(9-20-3)14(16)15(17-2)19-13/h4-7H,8-9H2,1-3H3,(H,17,18,19). The molecule has 5 heteroatoms. The second kappa shape index (κ2) is 6.99.